The van der Waals surface area contributed by atoms with Crippen LogP contribution >= 0.6 is 0 Å². The zero-order valence-electron chi connectivity index (χ0n) is 23.6. The lowest BCUT2D eigenvalue weighted by Gasteiger charge is -2.25. The van der Waals surface area contributed by atoms with Crippen LogP contribution in [-0.4, -0.2) is 9.97 Å². The van der Waals surface area contributed by atoms with Gasteiger partial charge in [0.05, 0.1) is 22.4 Å². The predicted octanol–water partition coefficient (Wildman–Crippen LogP) is 9.54. The Balaban J connectivity index is 1.38. The van der Waals surface area contributed by atoms with Crippen molar-refractivity contribution in [1.82, 2.24) is 9.97 Å². The fourth-order valence-electron chi connectivity index (χ4n) is 7.40. The SMILES string of the molecule is CC1(C)c2ccccc2-c2c1ccc1c2C(Cc2nc3ccccc3nc2-c2ccccc2)CCc2ccccc2-1. The van der Waals surface area contributed by atoms with Crippen LogP contribution in [0.5, 0.6) is 0 Å². The first kappa shape index (κ1) is 24.3. The number of aromatic nitrogens is 2. The van der Waals surface area contributed by atoms with E-state index >= 15 is 0 Å². The van der Waals surface area contributed by atoms with Crippen molar-refractivity contribution >= 4 is 11.0 Å². The molecule has 1 heterocycles. The van der Waals surface area contributed by atoms with Gasteiger partial charge in [0.1, 0.15) is 0 Å². The molecule has 1 unspecified atom stereocenters. The lowest BCUT2D eigenvalue weighted by molar-refractivity contribution is 0.619. The summed E-state index contributed by atoms with van der Waals surface area (Å²) in [5.74, 6) is 0.312. The van der Waals surface area contributed by atoms with E-state index in [9.17, 15) is 0 Å². The molecule has 0 saturated carbocycles. The standard InChI is InChI=1S/C39H32N2/c1-39(2)31-17-9-8-16-30(31)37-32(39)23-22-29-28-15-7-6-12-25(28)20-21-27(36(29)37)24-35-38(26-13-4-3-5-14-26)41-34-19-11-10-18-33(34)40-35/h3-19,22-23,27H,20-21,24H2,1-2H3. The largest absolute Gasteiger partial charge is 0.249 e. The van der Waals surface area contributed by atoms with Gasteiger partial charge in [-0.05, 0) is 81.8 Å². The number of aryl methyl sites for hydroxylation is 1. The zero-order valence-corrected chi connectivity index (χ0v) is 23.6. The van der Waals surface area contributed by atoms with Crippen molar-refractivity contribution in [3.63, 3.8) is 0 Å². The van der Waals surface area contributed by atoms with E-state index < -0.39 is 0 Å². The molecule has 0 radical (unpaired) electrons. The molecule has 0 saturated heterocycles. The topological polar surface area (TPSA) is 25.8 Å². The van der Waals surface area contributed by atoms with Crippen LogP contribution in [0, 0.1) is 0 Å². The van der Waals surface area contributed by atoms with Crippen LogP contribution in [0.15, 0.2) is 115 Å². The third-order valence-electron chi connectivity index (χ3n) is 9.40. The predicted molar refractivity (Wildman–Crippen MR) is 169 cm³/mol. The molecular formula is C39H32N2. The molecule has 1 atom stereocenters. The Hall–Kier alpha value is -4.56. The number of fused-ring (bicyclic) bond motifs is 8. The van der Waals surface area contributed by atoms with E-state index in [4.69, 9.17) is 9.97 Å². The normalized spacial score (nSPS) is 16.4. The van der Waals surface area contributed by atoms with E-state index in [1.54, 1.807) is 0 Å². The van der Waals surface area contributed by atoms with Crippen LogP contribution in [-0.2, 0) is 18.3 Å². The van der Waals surface area contributed by atoms with Crippen molar-refractivity contribution in [2.45, 2.75) is 44.4 Å². The van der Waals surface area contributed by atoms with Gasteiger partial charge in [0.25, 0.3) is 0 Å². The second-order valence-electron chi connectivity index (χ2n) is 12.1. The first-order valence-electron chi connectivity index (χ1n) is 14.8. The van der Waals surface area contributed by atoms with Gasteiger partial charge in [-0.3, -0.25) is 0 Å². The minimum Gasteiger partial charge on any atom is -0.249 e. The Bertz CT molecular complexity index is 1950. The van der Waals surface area contributed by atoms with Gasteiger partial charge in [0.15, 0.2) is 0 Å². The lowest BCUT2D eigenvalue weighted by atomic mass is 9.78. The summed E-state index contributed by atoms with van der Waals surface area (Å²) in [6.45, 7) is 4.76. The molecule has 8 rings (SSSR count). The number of benzene rings is 5. The van der Waals surface area contributed by atoms with E-state index in [0.29, 0.717) is 5.92 Å². The number of para-hydroxylation sites is 2. The molecule has 2 aliphatic rings. The van der Waals surface area contributed by atoms with Gasteiger partial charge in [-0.2, -0.15) is 0 Å². The fourth-order valence-corrected chi connectivity index (χ4v) is 7.40. The van der Waals surface area contributed by atoms with E-state index in [1.165, 1.54) is 44.5 Å². The Morgan fingerprint density at radius 3 is 2.15 bits per heavy atom. The number of hydrogen-bond acceptors (Lipinski definition) is 2. The van der Waals surface area contributed by atoms with Crippen molar-refractivity contribution in [2.75, 3.05) is 0 Å². The van der Waals surface area contributed by atoms with E-state index in [-0.39, 0.29) is 5.41 Å². The first-order chi connectivity index (χ1) is 20.1. The van der Waals surface area contributed by atoms with E-state index in [2.05, 4.69) is 123 Å². The average molecular weight is 529 g/mol. The Morgan fingerprint density at radius 1 is 0.634 bits per heavy atom. The molecule has 0 bridgehead atoms. The van der Waals surface area contributed by atoms with Crippen LogP contribution in [0.2, 0.25) is 0 Å². The van der Waals surface area contributed by atoms with Crippen molar-refractivity contribution in [1.29, 1.82) is 0 Å². The monoisotopic (exact) mass is 528 g/mol. The molecule has 6 aromatic rings. The molecule has 0 N–H and O–H groups in total. The summed E-state index contributed by atoms with van der Waals surface area (Å²) in [7, 11) is 0. The van der Waals surface area contributed by atoms with Gasteiger partial charge in [0, 0.05) is 11.0 Å². The second-order valence-corrected chi connectivity index (χ2v) is 12.1. The van der Waals surface area contributed by atoms with Crippen LogP contribution in [0.4, 0.5) is 0 Å². The van der Waals surface area contributed by atoms with Crippen molar-refractivity contribution < 1.29 is 0 Å². The molecule has 0 amide bonds. The second kappa shape index (κ2) is 9.24. The number of nitrogens with zero attached hydrogens (tertiary/aromatic N) is 2. The third kappa shape index (κ3) is 3.78. The highest BCUT2D eigenvalue weighted by Crippen LogP contribution is 2.55. The first-order valence-corrected chi connectivity index (χ1v) is 14.8. The highest BCUT2D eigenvalue weighted by atomic mass is 14.8. The minimum atomic E-state index is -0.0325. The van der Waals surface area contributed by atoms with E-state index in [0.717, 1.165) is 47.2 Å². The van der Waals surface area contributed by atoms with Crippen molar-refractivity contribution in [3.05, 3.63) is 143 Å². The molecule has 2 heteroatoms. The maximum absolute atomic E-state index is 5.30. The van der Waals surface area contributed by atoms with Gasteiger partial charge in [0.2, 0.25) is 0 Å². The molecule has 41 heavy (non-hydrogen) atoms. The average Bonchev–Trinajstić information content (AvgIpc) is 3.14. The summed E-state index contributed by atoms with van der Waals surface area (Å²) in [5.41, 5.74) is 16.5. The van der Waals surface area contributed by atoms with Gasteiger partial charge in [-0.1, -0.05) is 117 Å². The summed E-state index contributed by atoms with van der Waals surface area (Å²) >= 11 is 0. The van der Waals surface area contributed by atoms with Crippen molar-refractivity contribution in [2.24, 2.45) is 0 Å². The van der Waals surface area contributed by atoms with Gasteiger partial charge >= 0.3 is 0 Å². The van der Waals surface area contributed by atoms with Crippen LogP contribution in [0.1, 0.15) is 54.1 Å². The fraction of sp³-hybridized carbons (Fsp3) is 0.179. The smallest absolute Gasteiger partial charge is 0.0925 e. The molecule has 2 aliphatic carbocycles. The molecule has 0 fully saturated rings. The third-order valence-corrected chi connectivity index (χ3v) is 9.40. The van der Waals surface area contributed by atoms with Crippen LogP contribution in [0.3, 0.4) is 0 Å². The summed E-state index contributed by atoms with van der Waals surface area (Å²) in [5, 5.41) is 0. The quantitative estimate of drug-likeness (QED) is 0.229. The molecule has 1 aromatic heterocycles. The van der Waals surface area contributed by atoms with Crippen LogP contribution < -0.4 is 0 Å². The lowest BCUT2D eigenvalue weighted by Crippen LogP contribution is -2.15. The van der Waals surface area contributed by atoms with Gasteiger partial charge in [-0.25, -0.2) is 9.97 Å². The highest BCUT2D eigenvalue weighted by Gasteiger charge is 2.39. The summed E-state index contributed by atoms with van der Waals surface area (Å²) in [6, 6.07) is 41.7. The zero-order chi connectivity index (χ0) is 27.6. The Labute approximate surface area is 241 Å². The van der Waals surface area contributed by atoms with E-state index in [1.807, 2.05) is 6.07 Å². The maximum atomic E-state index is 5.30. The van der Waals surface area contributed by atoms with Crippen LogP contribution in [0.25, 0.3) is 44.5 Å². The molecule has 198 valence electrons. The molecule has 2 nitrogen and oxygen atoms in total. The summed E-state index contributed by atoms with van der Waals surface area (Å²) in [4.78, 5) is 10.5. The summed E-state index contributed by atoms with van der Waals surface area (Å²) in [6.07, 6.45) is 2.98. The molecular weight excluding hydrogens is 496 g/mol. The number of hydrogen-bond donors (Lipinski definition) is 0. The number of rotatable bonds is 3. The Kier molecular flexibility index (Phi) is 5.47. The van der Waals surface area contributed by atoms with Crippen molar-refractivity contribution in [3.8, 4) is 33.5 Å². The summed E-state index contributed by atoms with van der Waals surface area (Å²) < 4.78 is 0. The van der Waals surface area contributed by atoms with Gasteiger partial charge < -0.3 is 0 Å². The highest BCUT2D eigenvalue weighted by molar-refractivity contribution is 5.90. The van der Waals surface area contributed by atoms with Gasteiger partial charge in [-0.15, -0.1) is 0 Å². The molecule has 5 aromatic carbocycles. The maximum Gasteiger partial charge on any atom is 0.0925 e. The molecule has 0 aliphatic heterocycles. The molecule has 0 spiro atoms. The minimum absolute atomic E-state index is 0.0325. The Morgan fingerprint density at radius 2 is 1.32 bits per heavy atom.